The van der Waals surface area contributed by atoms with E-state index in [-0.39, 0.29) is 0 Å². The number of aromatic nitrogens is 2. The van der Waals surface area contributed by atoms with Crippen molar-refractivity contribution in [3.63, 3.8) is 0 Å². The largest absolute Gasteiger partial charge is 0.490 e. The molecule has 0 radical (unpaired) electrons. The van der Waals surface area contributed by atoms with Crippen molar-refractivity contribution >= 4 is 0 Å². The maximum atomic E-state index is 5.56. The Labute approximate surface area is 113 Å². The molecule has 0 aliphatic carbocycles. The maximum Gasteiger partial charge on any atom is 0.159 e. The van der Waals surface area contributed by atoms with Gasteiger partial charge in [-0.25, -0.2) is 9.97 Å². The SMILES string of the molecule is CNCCCOc1cnc(-c2cccc(C)c2)nc1. The molecule has 0 fully saturated rings. The topological polar surface area (TPSA) is 47.0 Å². The molecule has 1 heterocycles. The standard InChI is InChI=1S/C15H19N3O/c1-12-5-3-6-13(9-12)15-17-10-14(11-18-15)19-8-4-7-16-2/h3,5-6,9-11,16H,4,7-8H2,1-2H3. The molecule has 2 rings (SSSR count). The highest BCUT2D eigenvalue weighted by Gasteiger charge is 2.02. The van der Waals surface area contributed by atoms with Crippen LogP contribution < -0.4 is 10.1 Å². The van der Waals surface area contributed by atoms with Gasteiger partial charge in [-0.05, 0) is 33.0 Å². The summed E-state index contributed by atoms with van der Waals surface area (Å²) in [4.78, 5) is 8.67. The van der Waals surface area contributed by atoms with E-state index in [0.717, 1.165) is 24.4 Å². The Kier molecular flexibility index (Phi) is 4.86. The number of aryl methyl sites for hydroxylation is 1. The summed E-state index contributed by atoms with van der Waals surface area (Å²) < 4.78 is 5.56. The molecular weight excluding hydrogens is 238 g/mol. The van der Waals surface area contributed by atoms with Crippen molar-refractivity contribution in [1.82, 2.24) is 15.3 Å². The smallest absolute Gasteiger partial charge is 0.159 e. The molecule has 19 heavy (non-hydrogen) atoms. The third-order valence-corrected chi connectivity index (χ3v) is 2.74. The molecule has 0 bridgehead atoms. The number of hydrogen-bond acceptors (Lipinski definition) is 4. The predicted octanol–water partition coefficient (Wildman–Crippen LogP) is 2.44. The third kappa shape index (κ3) is 4.03. The summed E-state index contributed by atoms with van der Waals surface area (Å²) in [6.45, 7) is 3.68. The highest BCUT2D eigenvalue weighted by atomic mass is 16.5. The second kappa shape index (κ2) is 6.85. The molecule has 0 atom stereocenters. The zero-order chi connectivity index (χ0) is 13.5. The van der Waals surface area contributed by atoms with Gasteiger partial charge in [-0.1, -0.05) is 23.8 Å². The summed E-state index contributed by atoms with van der Waals surface area (Å²) >= 11 is 0. The van der Waals surface area contributed by atoms with Crippen molar-refractivity contribution in [2.24, 2.45) is 0 Å². The fourth-order valence-corrected chi connectivity index (χ4v) is 1.76. The monoisotopic (exact) mass is 257 g/mol. The lowest BCUT2D eigenvalue weighted by atomic mass is 10.1. The zero-order valence-corrected chi connectivity index (χ0v) is 11.4. The lowest BCUT2D eigenvalue weighted by Crippen LogP contribution is -2.11. The minimum atomic E-state index is 0.675. The summed E-state index contributed by atoms with van der Waals surface area (Å²) in [5.41, 5.74) is 2.23. The van der Waals surface area contributed by atoms with Gasteiger partial charge in [0, 0.05) is 5.56 Å². The van der Waals surface area contributed by atoms with Gasteiger partial charge in [0.25, 0.3) is 0 Å². The van der Waals surface area contributed by atoms with E-state index in [4.69, 9.17) is 4.74 Å². The third-order valence-electron chi connectivity index (χ3n) is 2.74. The first-order valence-corrected chi connectivity index (χ1v) is 6.46. The normalized spacial score (nSPS) is 10.4. The van der Waals surface area contributed by atoms with Crippen LogP contribution in [0.15, 0.2) is 36.7 Å². The molecule has 0 spiro atoms. The number of nitrogens with one attached hydrogen (secondary N) is 1. The van der Waals surface area contributed by atoms with E-state index >= 15 is 0 Å². The maximum absolute atomic E-state index is 5.56. The van der Waals surface area contributed by atoms with E-state index in [1.54, 1.807) is 12.4 Å². The van der Waals surface area contributed by atoms with Crippen LogP contribution in [0.5, 0.6) is 5.75 Å². The van der Waals surface area contributed by atoms with Crippen molar-refractivity contribution in [2.75, 3.05) is 20.2 Å². The first kappa shape index (κ1) is 13.5. The van der Waals surface area contributed by atoms with Gasteiger partial charge < -0.3 is 10.1 Å². The molecule has 0 aliphatic heterocycles. The fourth-order valence-electron chi connectivity index (χ4n) is 1.76. The van der Waals surface area contributed by atoms with Crippen LogP contribution in [0, 0.1) is 6.92 Å². The van der Waals surface area contributed by atoms with Crippen molar-refractivity contribution in [3.05, 3.63) is 42.2 Å². The van der Waals surface area contributed by atoms with Crippen LogP contribution >= 0.6 is 0 Å². The van der Waals surface area contributed by atoms with E-state index in [1.807, 2.05) is 19.2 Å². The number of hydrogen-bond donors (Lipinski definition) is 1. The van der Waals surface area contributed by atoms with Crippen LogP contribution in [0.2, 0.25) is 0 Å². The Bertz CT molecular complexity index is 511. The van der Waals surface area contributed by atoms with Gasteiger partial charge in [-0.3, -0.25) is 0 Å². The van der Waals surface area contributed by atoms with Crippen LogP contribution in [0.25, 0.3) is 11.4 Å². The minimum absolute atomic E-state index is 0.675. The molecule has 4 nitrogen and oxygen atoms in total. The van der Waals surface area contributed by atoms with E-state index < -0.39 is 0 Å². The second-order valence-electron chi connectivity index (χ2n) is 4.42. The van der Waals surface area contributed by atoms with Crippen LogP contribution in [-0.4, -0.2) is 30.2 Å². The van der Waals surface area contributed by atoms with Crippen molar-refractivity contribution in [1.29, 1.82) is 0 Å². The van der Waals surface area contributed by atoms with Crippen LogP contribution in [-0.2, 0) is 0 Å². The lowest BCUT2D eigenvalue weighted by Gasteiger charge is -2.06. The molecule has 0 saturated carbocycles. The molecule has 1 aromatic heterocycles. The number of benzene rings is 1. The number of rotatable bonds is 6. The Morgan fingerprint density at radius 1 is 1.21 bits per heavy atom. The molecule has 2 aromatic rings. The molecule has 0 unspecified atom stereocenters. The number of ether oxygens (including phenoxy) is 1. The van der Waals surface area contributed by atoms with Crippen LogP contribution in [0.1, 0.15) is 12.0 Å². The second-order valence-corrected chi connectivity index (χ2v) is 4.42. The molecule has 0 aliphatic rings. The van der Waals surface area contributed by atoms with Gasteiger partial charge >= 0.3 is 0 Å². The van der Waals surface area contributed by atoms with Gasteiger partial charge in [-0.15, -0.1) is 0 Å². The van der Waals surface area contributed by atoms with Crippen LogP contribution in [0.4, 0.5) is 0 Å². The van der Waals surface area contributed by atoms with Gasteiger partial charge in [0.15, 0.2) is 11.6 Å². The van der Waals surface area contributed by atoms with Gasteiger partial charge in [0.1, 0.15) is 0 Å². The average molecular weight is 257 g/mol. The minimum Gasteiger partial charge on any atom is -0.490 e. The Morgan fingerprint density at radius 3 is 2.68 bits per heavy atom. The van der Waals surface area contributed by atoms with Crippen molar-refractivity contribution in [3.8, 4) is 17.1 Å². The molecule has 1 N–H and O–H groups in total. The van der Waals surface area contributed by atoms with E-state index in [1.165, 1.54) is 5.56 Å². The summed E-state index contributed by atoms with van der Waals surface area (Å²) in [5, 5.41) is 3.08. The van der Waals surface area contributed by atoms with E-state index in [0.29, 0.717) is 12.4 Å². The number of nitrogens with zero attached hydrogens (tertiary/aromatic N) is 2. The van der Waals surface area contributed by atoms with E-state index in [9.17, 15) is 0 Å². The summed E-state index contributed by atoms with van der Waals surface area (Å²) in [7, 11) is 1.93. The molecule has 1 aromatic carbocycles. The molecule has 4 heteroatoms. The molecule has 100 valence electrons. The van der Waals surface area contributed by atoms with Gasteiger partial charge in [-0.2, -0.15) is 0 Å². The Balaban J connectivity index is 1.98. The summed E-state index contributed by atoms with van der Waals surface area (Å²) in [6, 6.07) is 8.15. The first-order chi connectivity index (χ1) is 9.29. The molecule has 0 saturated heterocycles. The molecular formula is C15H19N3O. The van der Waals surface area contributed by atoms with Gasteiger partial charge in [0.2, 0.25) is 0 Å². The highest BCUT2D eigenvalue weighted by Crippen LogP contribution is 2.17. The summed E-state index contributed by atoms with van der Waals surface area (Å²) in [5.74, 6) is 1.44. The fraction of sp³-hybridized carbons (Fsp3) is 0.333. The van der Waals surface area contributed by atoms with Crippen LogP contribution in [0.3, 0.4) is 0 Å². The van der Waals surface area contributed by atoms with Crippen molar-refractivity contribution in [2.45, 2.75) is 13.3 Å². The Morgan fingerprint density at radius 2 is 2.00 bits per heavy atom. The summed E-state index contributed by atoms with van der Waals surface area (Å²) in [6.07, 6.45) is 4.42. The predicted molar refractivity (Wildman–Crippen MR) is 76.2 cm³/mol. The quantitative estimate of drug-likeness (QED) is 0.807. The highest BCUT2D eigenvalue weighted by molar-refractivity contribution is 5.55. The molecule has 0 amide bonds. The lowest BCUT2D eigenvalue weighted by molar-refractivity contribution is 0.307. The van der Waals surface area contributed by atoms with Gasteiger partial charge in [0.05, 0.1) is 19.0 Å². The van der Waals surface area contributed by atoms with Crippen molar-refractivity contribution < 1.29 is 4.74 Å². The van der Waals surface area contributed by atoms with E-state index in [2.05, 4.69) is 34.3 Å². The average Bonchev–Trinajstić information content (AvgIpc) is 2.44. The first-order valence-electron chi connectivity index (χ1n) is 6.46. The Hall–Kier alpha value is -1.94. The zero-order valence-electron chi connectivity index (χ0n) is 11.4.